The Balaban J connectivity index is 0.00000121. The van der Waals surface area contributed by atoms with E-state index in [1.54, 1.807) is 7.11 Å². The molecule has 1 aromatic carbocycles. The van der Waals surface area contributed by atoms with E-state index in [4.69, 9.17) is 0 Å². The van der Waals surface area contributed by atoms with Crippen LogP contribution in [-0.2, 0) is 25.3 Å². The summed E-state index contributed by atoms with van der Waals surface area (Å²) in [7, 11) is 1.55. The molecule has 0 aliphatic heterocycles. The zero-order valence-corrected chi connectivity index (χ0v) is 8.61. The molecule has 0 saturated carbocycles. The first kappa shape index (κ1) is 11.4. The van der Waals surface area contributed by atoms with Crippen molar-refractivity contribution in [2.45, 2.75) is 6.92 Å². The molecule has 0 unspecified atom stereocenters. The third-order valence-electron chi connectivity index (χ3n) is 1.42. The number of hydrogen-bond acceptors (Lipinski definition) is 2. The molecule has 0 spiro atoms. The van der Waals surface area contributed by atoms with Crippen molar-refractivity contribution in [3.05, 3.63) is 35.9 Å². The number of benzene rings is 1. The Morgan fingerprint density at radius 3 is 2.33 bits per heavy atom. The van der Waals surface area contributed by atoms with Crippen molar-refractivity contribution >= 4 is 5.71 Å². The molecule has 0 radical (unpaired) electrons. The van der Waals surface area contributed by atoms with E-state index in [-0.39, 0.29) is 20.4 Å². The van der Waals surface area contributed by atoms with E-state index in [0.717, 1.165) is 11.3 Å². The topological polar surface area (TPSA) is 21.6 Å². The van der Waals surface area contributed by atoms with Crippen LogP contribution in [0.2, 0.25) is 0 Å². The Bertz CT molecular complexity index is 246. The van der Waals surface area contributed by atoms with Gasteiger partial charge in [-0.05, 0) is 12.5 Å². The molecule has 1 aromatic rings. The van der Waals surface area contributed by atoms with E-state index in [2.05, 4.69) is 9.99 Å². The predicted molar refractivity (Wildman–Crippen MR) is 45.7 cm³/mol. The van der Waals surface area contributed by atoms with Crippen LogP contribution in [0.4, 0.5) is 0 Å². The van der Waals surface area contributed by atoms with Crippen LogP contribution in [-0.4, -0.2) is 12.8 Å². The van der Waals surface area contributed by atoms with Gasteiger partial charge >= 0.3 is 0 Å². The standard InChI is InChI=1S/C9H11NO.Pd/c1-8(10-11-2)9-6-4-3-5-7-9;/h3-7H,1-2H3;. The molecule has 0 fully saturated rings. The van der Waals surface area contributed by atoms with Gasteiger partial charge in [0.1, 0.15) is 7.11 Å². The molecule has 0 atom stereocenters. The predicted octanol–water partition coefficient (Wildman–Crippen LogP) is 2.05. The molecule has 0 aliphatic rings. The Labute approximate surface area is 86.3 Å². The summed E-state index contributed by atoms with van der Waals surface area (Å²) in [6.45, 7) is 1.92. The third kappa shape index (κ3) is 3.17. The van der Waals surface area contributed by atoms with Gasteiger partial charge in [-0.1, -0.05) is 35.5 Å². The minimum Gasteiger partial charge on any atom is -0.399 e. The molecule has 3 heteroatoms. The molecule has 12 heavy (non-hydrogen) atoms. The summed E-state index contributed by atoms with van der Waals surface area (Å²) < 4.78 is 0. The van der Waals surface area contributed by atoms with Gasteiger partial charge in [0.2, 0.25) is 0 Å². The maximum Gasteiger partial charge on any atom is 0.106 e. The molecule has 0 N–H and O–H groups in total. The smallest absolute Gasteiger partial charge is 0.106 e. The summed E-state index contributed by atoms with van der Waals surface area (Å²) in [5, 5.41) is 3.81. The quantitative estimate of drug-likeness (QED) is 0.450. The summed E-state index contributed by atoms with van der Waals surface area (Å²) >= 11 is 0. The first-order valence-corrected chi connectivity index (χ1v) is 3.48. The second-order valence-corrected chi connectivity index (χ2v) is 2.23. The Hall–Kier alpha value is -0.648. The van der Waals surface area contributed by atoms with Crippen LogP contribution in [0, 0.1) is 0 Å². The van der Waals surface area contributed by atoms with Crippen molar-refractivity contribution < 1.29 is 25.3 Å². The van der Waals surface area contributed by atoms with Crippen molar-refractivity contribution in [3.8, 4) is 0 Å². The summed E-state index contributed by atoms with van der Waals surface area (Å²) in [6.07, 6.45) is 0. The summed E-state index contributed by atoms with van der Waals surface area (Å²) in [5.41, 5.74) is 1.99. The molecule has 0 bridgehead atoms. The number of rotatable bonds is 2. The van der Waals surface area contributed by atoms with Gasteiger partial charge in [0.05, 0.1) is 5.71 Å². The molecule has 0 heterocycles. The normalized spacial score (nSPS) is 10.3. The first-order valence-electron chi connectivity index (χ1n) is 3.48. The minimum absolute atomic E-state index is 0. The van der Waals surface area contributed by atoms with Gasteiger partial charge in [0, 0.05) is 20.4 Å². The third-order valence-corrected chi connectivity index (χ3v) is 1.42. The van der Waals surface area contributed by atoms with Crippen molar-refractivity contribution in [1.29, 1.82) is 0 Å². The Kier molecular flexibility index (Phi) is 5.61. The maximum atomic E-state index is 4.65. The number of nitrogens with zero attached hydrogens (tertiary/aromatic N) is 1. The fourth-order valence-electron chi connectivity index (χ4n) is 0.869. The first-order chi connectivity index (χ1) is 5.34. The molecular formula is C9H11NOPd. The van der Waals surface area contributed by atoms with Crippen LogP contribution in [0.3, 0.4) is 0 Å². The molecule has 0 amide bonds. The van der Waals surface area contributed by atoms with Crippen LogP contribution < -0.4 is 0 Å². The Morgan fingerprint density at radius 2 is 1.83 bits per heavy atom. The second-order valence-electron chi connectivity index (χ2n) is 2.23. The summed E-state index contributed by atoms with van der Waals surface area (Å²) in [5.74, 6) is 0. The largest absolute Gasteiger partial charge is 0.399 e. The summed E-state index contributed by atoms with van der Waals surface area (Å²) in [6, 6.07) is 9.92. The molecule has 0 aromatic heterocycles. The molecule has 0 aliphatic carbocycles. The van der Waals surface area contributed by atoms with Gasteiger partial charge in [0.25, 0.3) is 0 Å². The van der Waals surface area contributed by atoms with E-state index in [0.29, 0.717) is 0 Å². The van der Waals surface area contributed by atoms with Crippen LogP contribution in [0.25, 0.3) is 0 Å². The Morgan fingerprint density at radius 1 is 1.25 bits per heavy atom. The average molecular weight is 256 g/mol. The zero-order chi connectivity index (χ0) is 8.10. The van der Waals surface area contributed by atoms with Crippen molar-refractivity contribution in [1.82, 2.24) is 0 Å². The van der Waals surface area contributed by atoms with Crippen LogP contribution in [0.15, 0.2) is 35.5 Å². The minimum atomic E-state index is 0. The van der Waals surface area contributed by atoms with Crippen molar-refractivity contribution in [2.75, 3.05) is 7.11 Å². The summed E-state index contributed by atoms with van der Waals surface area (Å²) in [4.78, 5) is 4.65. The molecule has 2 nitrogen and oxygen atoms in total. The fourth-order valence-corrected chi connectivity index (χ4v) is 0.869. The van der Waals surface area contributed by atoms with Gasteiger partial charge in [-0.3, -0.25) is 0 Å². The average Bonchev–Trinajstić information content (AvgIpc) is 2.07. The van der Waals surface area contributed by atoms with Crippen LogP contribution >= 0.6 is 0 Å². The van der Waals surface area contributed by atoms with Gasteiger partial charge in [-0.2, -0.15) is 0 Å². The molecular weight excluding hydrogens is 245 g/mol. The van der Waals surface area contributed by atoms with Gasteiger partial charge in [0.15, 0.2) is 0 Å². The van der Waals surface area contributed by atoms with Gasteiger partial charge < -0.3 is 4.84 Å². The SMILES string of the molecule is CON=C(C)c1ccccc1.[Pd]. The molecule has 0 saturated heterocycles. The maximum absolute atomic E-state index is 4.65. The van der Waals surface area contributed by atoms with Crippen LogP contribution in [0.5, 0.6) is 0 Å². The van der Waals surface area contributed by atoms with Crippen molar-refractivity contribution in [3.63, 3.8) is 0 Å². The number of hydrogen-bond donors (Lipinski definition) is 0. The van der Waals surface area contributed by atoms with E-state index in [9.17, 15) is 0 Å². The van der Waals surface area contributed by atoms with E-state index in [1.807, 2.05) is 37.3 Å². The van der Waals surface area contributed by atoms with E-state index >= 15 is 0 Å². The van der Waals surface area contributed by atoms with Gasteiger partial charge in [-0.25, -0.2) is 0 Å². The van der Waals surface area contributed by atoms with Gasteiger partial charge in [-0.15, -0.1) is 0 Å². The number of oxime groups is 1. The zero-order valence-electron chi connectivity index (χ0n) is 7.06. The molecule has 68 valence electrons. The molecule has 1 rings (SSSR count). The van der Waals surface area contributed by atoms with Crippen LogP contribution in [0.1, 0.15) is 12.5 Å². The van der Waals surface area contributed by atoms with E-state index < -0.39 is 0 Å². The fraction of sp³-hybridized carbons (Fsp3) is 0.222. The second kappa shape index (κ2) is 5.93. The van der Waals surface area contributed by atoms with E-state index in [1.165, 1.54) is 0 Å². The monoisotopic (exact) mass is 255 g/mol. The van der Waals surface area contributed by atoms with Crippen molar-refractivity contribution in [2.24, 2.45) is 5.16 Å².